The van der Waals surface area contributed by atoms with E-state index < -0.39 is 11.7 Å². The van der Waals surface area contributed by atoms with Gasteiger partial charge in [0.05, 0.1) is 5.02 Å². The molecule has 130 valence electrons. The van der Waals surface area contributed by atoms with Crippen LogP contribution in [0.4, 0.5) is 0 Å². The molecule has 0 saturated carbocycles. The lowest BCUT2D eigenvalue weighted by Crippen LogP contribution is -2.13. The predicted octanol–water partition coefficient (Wildman–Crippen LogP) is 5.90. The number of rotatable bonds is 2. The summed E-state index contributed by atoms with van der Waals surface area (Å²) < 4.78 is 5.33. The van der Waals surface area contributed by atoms with E-state index in [1.165, 1.54) is 18.2 Å². The van der Waals surface area contributed by atoms with Gasteiger partial charge in [-0.15, -0.1) is 0 Å². The van der Waals surface area contributed by atoms with Crippen LogP contribution in [0.3, 0.4) is 0 Å². The number of ether oxygens (including phenoxy) is 1. The summed E-state index contributed by atoms with van der Waals surface area (Å²) in [4.78, 5) is 12.9. The van der Waals surface area contributed by atoms with Gasteiger partial charge in [-0.3, -0.25) is 10.2 Å². The van der Waals surface area contributed by atoms with E-state index in [2.05, 4.69) is 0 Å². The van der Waals surface area contributed by atoms with Crippen LogP contribution in [0, 0.1) is 16.7 Å². The molecule has 3 rings (SSSR count). The van der Waals surface area contributed by atoms with Crippen molar-refractivity contribution in [3.8, 4) is 6.07 Å². The fraction of sp³-hybridized carbons (Fsp3) is 0.0556. The Balaban J connectivity index is 2.12. The normalized spacial score (nSPS) is 18.5. The molecule has 0 spiro atoms. The van der Waals surface area contributed by atoms with E-state index in [0.717, 1.165) is 0 Å². The van der Waals surface area contributed by atoms with E-state index in [0.29, 0.717) is 15.6 Å². The van der Waals surface area contributed by atoms with Gasteiger partial charge in [0.2, 0.25) is 11.7 Å². The zero-order valence-corrected chi connectivity index (χ0v) is 15.8. The fourth-order valence-electron chi connectivity index (χ4n) is 2.59. The highest BCUT2D eigenvalue weighted by atomic mass is 35.5. The zero-order chi connectivity index (χ0) is 19.0. The largest absolute Gasteiger partial charge is 0.437 e. The lowest BCUT2D eigenvalue weighted by atomic mass is 9.93. The minimum Gasteiger partial charge on any atom is -0.437 e. The molecule has 1 aliphatic heterocycles. The molecule has 0 bridgehead atoms. The number of nitriles is 1. The Morgan fingerprint density at radius 3 is 2.23 bits per heavy atom. The summed E-state index contributed by atoms with van der Waals surface area (Å²) in [5.74, 6) is -2.18. The van der Waals surface area contributed by atoms with Crippen molar-refractivity contribution in [2.45, 2.75) is 5.92 Å². The number of hydrogen-bond acceptors (Lipinski definition) is 4. The maximum atomic E-state index is 12.9. The monoisotopic (exact) mass is 424 g/mol. The van der Waals surface area contributed by atoms with Crippen molar-refractivity contribution in [3.63, 3.8) is 0 Å². The summed E-state index contributed by atoms with van der Waals surface area (Å²) in [6.07, 6.45) is 0. The number of benzene rings is 2. The van der Waals surface area contributed by atoms with Crippen LogP contribution in [0.2, 0.25) is 20.1 Å². The molecule has 0 aromatic heterocycles. The van der Waals surface area contributed by atoms with E-state index in [-0.39, 0.29) is 32.8 Å². The summed E-state index contributed by atoms with van der Waals surface area (Å²) in [7, 11) is 0. The SMILES string of the molecule is N#C/C(=C1/OC(=N)[C@H](c2ccc(Cl)cc2Cl)C1=O)c1ccc(Cl)cc1Cl. The smallest absolute Gasteiger partial charge is 0.216 e. The van der Waals surface area contributed by atoms with E-state index in [9.17, 15) is 10.1 Å². The Bertz CT molecular complexity index is 1020. The summed E-state index contributed by atoms with van der Waals surface area (Å²) in [6, 6.07) is 11.0. The van der Waals surface area contributed by atoms with E-state index >= 15 is 0 Å². The Morgan fingerprint density at radius 1 is 1.04 bits per heavy atom. The van der Waals surface area contributed by atoms with Gasteiger partial charge in [-0.25, -0.2) is 0 Å². The average Bonchev–Trinajstić information content (AvgIpc) is 2.85. The fourth-order valence-corrected chi connectivity index (χ4v) is 3.61. The average molecular weight is 426 g/mol. The molecule has 0 radical (unpaired) electrons. The Labute approximate surface area is 169 Å². The molecule has 1 N–H and O–H groups in total. The van der Waals surface area contributed by atoms with Crippen LogP contribution in [0.1, 0.15) is 17.0 Å². The zero-order valence-electron chi connectivity index (χ0n) is 12.8. The third-order valence-corrected chi connectivity index (χ3v) is 4.88. The number of hydrogen-bond donors (Lipinski definition) is 1. The van der Waals surface area contributed by atoms with Crippen molar-refractivity contribution in [2.75, 3.05) is 0 Å². The standard InChI is InChI=1S/C18H8Cl4N2O2/c19-8-1-3-10(13(21)5-8)12(7-23)17-16(25)15(18(24)26-17)11-4-2-9(20)6-14(11)22/h1-6,15,24H/b17-12-,24-18?/t15-/m1/s1. The highest BCUT2D eigenvalue weighted by Crippen LogP contribution is 2.39. The highest BCUT2D eigenvalue weighted by Gasteiger charge is 2.41. The first-order valence-electron chi connectivity index (χ1n) is 7.18. The molecule has 0 amide bonds. The molecule has 4 nitrogen and oxygen atoms in total. The summed E-state index contributed by atoms with van der Waals surface area (Å²) in [5, 5.41) is 18.8. The van der Waals surface area contributed by atoms with Crippen LogP contribution in [0.15, 0.2) is 42.2 Å². The van der Waals surface area contributed by atoms with Crippen LogP contribution in [0.25, 0.3) is 5.57 Å². The first-order chi connectivity index (χ1) is 12.3. The molecule has 1 saturated heterocycles. The second kappa shape index (κ2) is 7.30. The van der Waals surface area contributed by atoms with Gasteiger partial charge >= 0.3 is 0 Å². The van der Waals surface area contributed by atoms with Gasteiger partial charge in [0, 0.05) is 20.6 Å². The topological polar surface area (TPSA) is 73.9 Å². The third kappa shape index (κ3) is 3.32. The first-order valence-corrected chi connectivity index (χ1v) is 8.70. The first kappa shape index (κ1) is 18.8. The number of allylic oxidation sites excluding steroid dienone is 2. The van der Waals surface area contributed by atoms with E-state index in [4.69, 9.17) is 56.5 Å². The van der Waals surface area contributed by atoms with Crippen molar-refractivity contribution >= 4 is 63.7 Å². The summed E-state index contributed by atoms with van der Waals surface area (Å²) in [5.41, 5.74) is 0.590. The second-order valence-electron chi connectivity index (χ2n) is 5.37. The number of nitrogens with zero attached hydrogens (tertiary/aromatic N) is 1. The van der Waals surface area contributed by atoms with Crippen LogP contribution in [-0.4, -0.2) is 11.7 Å². The van der Waals surface area contributed by atoms with Gasteiger partial charge in [-0.2, -0.15) is 5.26 Å². The Morgan fingerprint density at radius 2 is 1.65 bits per heavy atom. The van der Waals surface area contributed by atoms with Gasteiger partial charge in [0.1, 0.15) is 17.6 Å². The summed E-state index contributed by atoms with van der Waals surface area (Å²) >= 11 is 24.0. The quantitative estimate of drug-likeness (QED) is 0.481. The van der Waals surface area contributed by atoms with Crippen LogP contribution in [-0.2, 0) is 9.53 Å². The van der Waals surface area contributed by atoms with E-state index in [1.54, 1.807) is 18.2 Å². The van der Waals surface area contributed by atoms with Crippen molar-refractivity contribution in [2.24, 2.45) is 0 Å². The van der Waals surface area contributed by atoms with Crippen LogP contribution >= 0.6 is 46.4 Å². The number of carbonyl (C=O) groups excluding carboxylic acids is 1. The van der Waals surface area contributed by atoms with Gasteiger partial charge in [-0.05, 0) is 29.8 Å². The molecular formula is C18H8Cl4N2O2. The molecule has 1 heterocycles. The lowest BCUT2D eigenvalue weighted by Gasteiger charge is -2.08. The molecule has 26 heavy (non-hydrogen) atoms. The minimum atomic E-state index is -1.05. The lowest BCUT2D eigenvalue weighted by molar-refractivity contribution is -0.115. The molecule has 8 heteroatoms. The summed E-state index contributed by atoms with van der Waals surface area (Å²) in [6.45, 7) is 0. The third-order valence-electron chi connectivity index (χ3n) is 3.77. The number of carbonyl (C=O) groups is 1. The maximum Gasteiger partial charge on any atom is 0.216 e. The molecule has 1 fully saturated rings. The van der Waals surface area contributed by atoms with Gasteiger partial charge < -0.3 is 4.74 Å². The van der Waals surface area contributed by atoms with Crippen molar-refractivity contribution in [1.82, 2.24) is 0 Å². The predicted molar refractivity (Wildman–Crippen MR) is 102 cm³/mol. The maximum absolute atomic E-state index is 12.9. The van der Waals surface area contributed by atoms with Crippen molar-refractivity contribution in [3.05, 3.63) is 73.4 Å². The van der Waals surface area contributed by atoms with Crippen LogP contribution < -0.4 is 0 Å². The molecule has 2 aromatic rings. The number of ketones is 1. The molecule has 0 unspecified atom stereocenters. The van der Waals surface area contributed by atoms with Crippen molar-refractivity contribution in [1.29, 1.82) is 10.7 Å². The molecule has 1 atom stereocenters. The molecule has 2 aromatic carbocycles. The molecular weight excluding hydrogens is 418 g/mol. The Hall–Kier alpha value is -2.03. The van der Waals surface area contributed by atoms with Crippen LogP contribution in [0.5, 0.6) is 0 Å². The van der Waals surface area contributed by atoms with Gasteiger partial charge in [0.25, 0.3) is 0 Å². The second-order valence-corrected chi connectivity index (χ2v) is 7.06. The number of Topliss-reactive ketones (excluding diaryl/α,β-unsaturated/α-hetero) is 1. The Kier molecular flexibility index (Phi) is 5.27. The molecule has 0 aliphatic carbocycles. The van der Waals surface area contributed by atoms with Gasteiger partial charge in [0.15, 0.2) is 5.76 Å². The highest BCUT2D eigenvalue weighted by molar-refractivity contribution is 6.37. The minimum absolute atomic E-state index is 0.0750. The molecule has 1 aliphatic rings. The number of halogens is 4. The van der Waals surface area contributed by atoms with Crippen molar-refractivity contribution < 1.29 is 9.53 Å². The number of nitrogens with one attached hydrogen (secondary N) is 1. The van der Waals surface area contributed by atoms with E-state index in [1.807, 2.05) is 6.07 Å². The van der Waals surface area contributed by atoms with Gasteiger partial charge in [-0.1, -0.05) is 58.5 Å².